The summed E-state index contributed by atoms with van der Waals surface area (Å²) in [6.45, 7) is 24.8. The van der Waals surface area contributed by atoms with Gasteiger partial charge in [-0.25, -0.2) is 0 Å². The Morgan fingerprint density at radius 2 is 0.193 bits per heavy atom. The molecule has 0 fully saturated rings. The minimum absolute atomic E-state index is 0.229. The van der Waals surface area contributed by atoms with Crippen LogP contribution in [0.5, 0.6) is 0 Å². The van der Waals surface area contributed by atoms with Gasteiger partial charge in [-0.2, -0.15) is 0 Å². The Morgan fingerprint density at radius 3 is 0.284 bits per heavy atom. The molecular weight excluding hydrogens is 1180 g/mol. The third-order valence-corrected chi connectivity index (χ3v) is 10.6. The standard InChI is InChI=1S/C57H117BO30/c1-59-4-7-62-10-13-65-16-19-68-22-25-71-28-31-74-34-37-77-40-43-80-46-49-83-52-55-86-58(87-56-53-84-50-47-81-44-41-78-38-35-75-32-29-72-26-23-69-20-17-66-14-11-63-8-5-60-2)88-57-54-85-51-48-82-45-42-79-39-36-76-33-30-73-27-24-70-21-18-67-15-12-64-9-6-61-3/h4-57H2,1-3H3. The van der Waals surface area contributed by atoms with Gasteiger partial charge in [0, 0.05) is 21.3 Å². The van der Waals surface area contributed by atoms with Gasteiger partial charge in [0.2, 0.25) is 0 Å². The van der Waals surface area contributed by atoms with Crippen LogP contribution in [0.2, 0.25) is 0 Å². The van der Waals surface area contributed by atoms with Crippen molar-refractivity contribution in [1.29, 1.82) is 0 Å². The van der Waals surface area contributed by atoms with Crippen LogP contribution in [-0.2, 0) is 142 Å². The number of ether oxygens (including phenoxy) is 27. The van der Waals surface area contributed by atoms with Gasteiger partial charge in [0.1, 0.15) is 0 Å². The molecule has 0 bridgehead atoms. The summed E-state index contributed by atoms with van der Waals surface area (Å²) in [4.78, 5) is 0. The first-order chi connectivity index (χ1) is 43.8. The molecule has 0 aliphatic heterocycles. The summed E-state index contributed by atoms with van der Waals surface area (Å²) in [5.74, 6) is 0. The van der Waals surface area contributed by atoms with Crippen molar-refractivity contribution in [2.45, 2.75) is 0 Å². The van der Waals surface area contributed by atoms with Gasteiger partial charge < -0.3 is 142 Å². The third kappa shape index (κ3) is 81.0. The molecule has 31 heteroatoms. The second-order valence-electron chi connectivity index (χ2n) is 17.6. The highest BCUT2D eigenvalue weighted by atomic mass is 16.7. The number of rotatable bonds is 84. The smallest absolute Gasteiger partial charge is 0.383 e. The predicted molar refractivity (Wildman–Crippen MR) is 319 cm³/mol. The molecule has 0 radical (unpaired) electrons. The van der Waals surface area contributed by atoms with Crippen molar-refractivity contribution in [3.63, 3.8) is 0 Å². The van der Waals surface area contributed by atoms with Gasteiger partial charge in [0.05, 0.1) is 357 Å². The summed E-state index contributed by atoms with van der Waals surface area (Å²) in [5.41, 5.74) is 0. The maximum Gasteiger partial charge on any atom is 0.639 e. The topological polar surface area (TPSA) is 277 Å². The van der Waals surface area contributed by atoms with E-state index in [9.17, 15) is 0 Å². The molecule has 0 aromatic carbocycles. The molecule has 0 spiro atoms. The molecule has 88 heavy (non-hydrogen) atoms. The molecule has 0 unspecified atom stereocenters. The van der Waals surface area contributed by atoms with E-state index in [0.29, 0.717) is 337 Å². The Labute approximate surface area is 526 Å². The average molecular weight is 1290 g/mol. The Hall–Kier alpha value is -1.14. The first-order valence-corrected chi connectivity index (χ1v) is 31.0. The lowest BCUT2D eigenvalue weighted by Gasteiger charge is -2.15. The maximum absolute atomic E-state index is 5.81. The number of methoxy groups -OCH3 is 3. The molecule has 0 rings (SSSR count). The molecular formula is C57H117BO30. The number of hydrogen-bond donors (Lipinski definition) is 0. The van der Waals surface area contributed by atoms with E-state index < -0.39 is 7.32 Å². The first-order valence-electron chi connectivity index (χ1n) is 31.0. The van der Waals surface area contributed by atoms with Gasteiger partial charge >= 0.3 is 7.32 Å². The molecule has 0 amide bonds. The largest absolute Gasteiger partial charge is 0.639 e. The van der Waals surface area contributed by atoms with Crippen LogP contribution in [0.4, 0.5) is 0 Å². The van der Waals surface area contributed by atoms with Gasteiger partial charge in [-0.3, -0.25) is 0 Å². The van der Waals surface area contributed by atoms with Crippen LogP contribution >= 0.6 is 0 Å². The van der Waals surface area contributed by atoms with E-state index in [4.69, 9.17) is 142 Å². The van der Waals surface area contributed by atoms with E-state index in [1.165, 1.54) is 0 Å². The highest BCUT2D eigenvalue weighted by molar-refractivity contribution is 6.36. The molecule has 528 valence electrons. The molecule has 0 aliphatic rings. The van der Waals surface area contributed by atoms with Crippen LogP contribution in [0.3, 0.4) is 0 Å². The molecule has 0 saturated heterocycles. The highest BCUT2D eigenvalue weighted by Gasteiger charge is 2.21. The lowest BCUT2D eigenvalue weighted by Crippen LogP contribution is -2.32. The molecule has 0 aliphatic carbocycles. The fraction of sp³-hybridized carbons (Fsp3) is 1.00. The average Bonchev–Trinajstić information content (AvgIpc) is 3.54. The summed E-state index contributed by atoms with van der Waals surface area (Å²) in [5, 5.41) is 0. The van der Waals surface area contributed by atoms with Crippen molar-refractivity contribution in [1.82, 2.24) is 0 Å². The van der Waals surface area contributed by atoms with Crippen molar-refractivity contribution in [3.05, 3.63) is 0 Å². The van der Waals surface area contributed by atoms with Crippen LogP contribution in [0.15, 0.2) is 0 Å². The van der Waals surface area contributed by atoms with E-state index in [-0.39, 0.29) is 19.8 Å². The highest BCUT2D eigenvalue weighted by Crippen LogP contribution is 1.97. The van der Waals surface area contributed by atoms with Crippen molar-refractivity contribution in [2.75, 3.05) is 378 Å². The lowest BCUT2D eigenvalue weighted by molar-refractivity contribution is -0.0279. The van der Waals surface area contributed by atoms with Gasteiger partial charge in [-0.1, -0.05) is 0 Å². The molecule has 0 N–H and O–H groups in total. The van der Waals surface area contributed by atoms with E-state index in [2.05, 4.69) is 0 Å². The van der Waals surface area contributed by atoms with Crippen LogP contribution in [0, 0.1) is 0 Å². The van der Waals surface area contributed by atoms with E-state index in [1.807, 2.05) is 0 Å². The lowest BCUT2D eigenvalue weighted by atomic mass is 10.2. The molecule has 0 saturated carbocycles. The number of hydrogen-bond acceptors (Lipinski definition) is 30. The molecule has 0 heterocycles. The minimum atomic E-state index is -0.951. The summed E-state index contributed by atoms with van der Waals surface area (Å²) >= 11 is 0. The normalized spacial score (nSPS) is 11.8. The summed E-state index contributed by atoms with van der Waals surface area (Å²) in [7, 11) is 3.97. The first kappa shape index (κ1) is 86.9. The molecule has 0 aromatic heterocycles. The molecule has 0 atom stereocenters. The van der Waals surface area contributed by atoms with Crippen LogP contribution in [0.25, 0.3) is 0 Å². The molecule has 0 aromatic rings. The fourth-order valence-corrected chi connectivity index (χ4v) is 6.11. The van der Waals surface area contributed by atoms with Gasteiger partial charge in [0.15, 0.2) is 0 Å². The summed E-state index contributed by atoms with van der Waals surface area (Å²) in [6.07, 6.45) is 0. The van der Waals surface area contributed by atoms with Gasteiger partial charge in [0.25, 0.3) is 0 Å². The Kier molecular flexibility index (Phi) is 82.8. The maximum atomic E-state index is 5.81. The van der Waals surface area contributed by atoms with Crippen molar-refractivity contribution >= 4 is 7.32 Å². The van der Waals surface area contributed by atoms with Crippen molar-refractivity contribution in [2.24, 2.45) is 0 Å². The third-order valence-electron chi connectivity index (χ3n) is 10.6. The van der Waals surface area contributed by atoms with Crippen molar-refractivity contribution < 1.29 is 142 Å². The van der Waals surface area contributed by atoms with Crippen LogP contribution in [-0.4, -0.2) is 385 Å². The van der Waals surface area contributed by atoms with E-state index >= 15 is 0 Å². The summed E-state index contributed by atoms with van der Waals surface area (Å²) in [6, 6.07) is 0. The van der Waals surface area contributed by atoms with Gasteiger partial charge in [-0.15, -0.1) is 0 Å². The van der Waals surface area contributed by atoms with E-state index in [0.717, 1.165) is 0 Å². The van der Waals surface area contributed by atoms with E-state index in [1.54, 1.807) is 21.3 Å². The Balaban J connectivity index is 4.00. The Bertz CT molecular complexity index is 1070. The zero-order chi connectivity index (χ0) is 63.0. The SMILES string of the molecule is COCCOCCOCCOCCOCCOCCOCCOCCOCCOB(OCCOCCOCCOCCOCCOCCOCCOCCOCCOC)OCCOCCOCCOCCOCCOCCOCCOCCOCCOC. The minimum Gasteiger partial charge on any atom is -0.383 e. The van der Waals surface area contributed by atoms with Crippen LogP contribution < -0.4 is 0 Å². The Morgan fingerprint density at radius 1 is 0.114 bits per heavy atom. The van der Waals surface area contributed by atoms with Gasteiger partial charge in [-0.05, 0) is 0 Å². The second-order valence-corrected chi connectivity index (χ2v) is 17.6. The molecule has 30 nitrogen and oxygen atoms in total. The second kappa shape index (κ2) is 83.9. The van der Waals surface area contributed by atoms with Crippen molar-refractivity contribution in [3.8, 4) is 0 Å². The monoisotopic (exact) mass is 1290 g/mol. The predicted octanol–water partition coefficient (Wildman–Crippen LogP) is 0.359. The zero-order valence-corrected chi connectivity index (χ0v) is 54.0. The zero-order valence-electron chi connectivity index (χ0n) is 54.0. The summed E-state index contributed by atoms with van der Waals surface area (Å²) < 4.78 is 165. The fourth-order valence-electron chi connectivity index (χ4n) is 6.11. The van der Waals surface area contributed by atoms with Crippen LogP contribution in [0.1, 0.15) is 0 Å². The quantitative estimate of drug-likeness (QED) is 0.0587.